The number of amides is 2. The first kappa shape index (κ1) is 44.5. The van der Waals surface area contributed by atoms with E-state index in [1.807, 2.05) is 0 Å². The Morgan fingerprint density at radius 2 is 1.09 bits per heavy atom. The molecule has 2 heterocycles. The van der Waals surface area contributed by atoms with Crippen molar-refractivity contribution in [2.24, 2.45) is 0 Å². The Balaban J connectivity index is 1.50. The van der Waals surface area contributed by atoms with Crippen LogP contribution in [0, 0.1) is 13.8 Å². The fourth-order valence-electron chi connectivity index (χ4n) is 5.07. The largest absolute Gasteiger partial charge is 0.472 e. The van der Waals surface area contributed by atoms with Gasteiger partial charge >= 0.3 is 7.82 Å². The SMILES string of the molecule is C/C(=C(\CCOP(=O)(O)OCC/C(SC(=O)c1ccccc1)=C(\C)N(C=O)Cc1cnc(C)nc1N)SC(=O)c1ccccc1)N(C=O)Cc1cnc(C)nc1N. The van der Waals surface area contributed by atoms with Gasteiger partial charge in [-0.15, -0.1) is 0 Å². The van der Waals surface area contributed by atoms with E-state index in [2.05, 4.69) is 19.9 Å². The lowest BCUT2D eigenvalue weighted by Gasteiger charge is -2.23. The lowest BCUT2D eigenvalue weighted by molar-refractivity contribution is -0.117. The summed E-state index contributed by atoms with van der Waals surface area (Å²) in [7, 11) is -4.71. The molecule has 0 radical (unpaired) electrons. The molecular formula is C38H43N8O8PS2. The van der Waals surface area contributed by atoms with E-state index in [1.165, 1.54) is 22.2 Å². The van der Waals surface area contributed by atoms with Gasteiger partial charge in [0.05, 0.1) is 26.3 Å². The summed E-state index contributed by atoms with van der Waals surface area (Å²) in [6.07, 6.45) is 4.06. The van der Waals surface area contributed by atoms with E-state index in [1.54, 1.807) is 88.4 Å². The normalized spacial score (nSPS) is 12.3. The van der Waals surface area contributed by atoms with Crippen LogP contribution in [0.1, 0.15) is 70.2 Å². The first-order chi connectivity index (χ1) is 27.2. The fraction of sp³-hybridized carbons (Fsp3) is 0.263. The molecule has 0 fully saturated rings. The predicted molar refractivity (Wildman–Crippen MR) is 219 cm³/mol. The van der Waals surface area contributed by atoms with Crippen molar-refractivity contribution in [2.45, 2.75) is 53.6 Å². The molecule has 5 N–H and O–H groups in total. The van der Waals surface area contributed by atoms with Crippen molar-refractivity contribution in [3.05, 3.63) is 128 Å². The van der Waals surface area contributed by atoms with Crippen LogP contribution in [-0.4, -0.2) is 70.9 Å². The van der Waals surface area contributed by atoms with E-state index < -0.39 is 7.82 Å². The van der Waals surface area contributed by atoms with Gasteiger partial charge in [-0.1, -0.05) is 60.7 Å². The standard InChI is InChI=1S/C38H43N8O8PS2/c1-25(45(23-47)21-31-19-41-27(3)43-35(31)39)33(56-37(49)29-11-7-5-8-12-29)15-17-53-55(51,52)54-18-16-34(57-38(50)30-13-9-6-10-14-30)26(2)46(24-48)22-32-20-42-28(4)44-36(32)40/h5-14,19-20,23-24H,15-18,21-22H2,1-4H3,(H,51,52)(H2,39,41,43)(H2,40,42,44)/b33-25-,34-26-. The number of benzene rings is 2. The van der Waals surface area contributed by atoms with Gasteiger partial charge in [-0.25, -0.2) is 24.5 Å². The number of carbonyl (C=O) groups excluding carboxylic acids is 4. The number of hydrogen-bond acceptors (Lipinski definition) is 15. The van der Waals surface area contributed by atoms with Crippen LogP contribution in [0.2, 0.25) is 0 Å². The van der Waals surface area contributed by atoms with Crippen LogP contribution in [0.3, 0.4) is 0 Å². The molecule has 57 heavy (non-hydrogen) atoms. The Kier molecular flexibility index (Phi) is 16.7. The van der Waals surface area contributed by atoms with Gasteiger partial charge in [0, 0.05) is 68.7 Å². The molecule has 0 saturated carbocycles. The zero-order valence-electron chi connectivity index (χ0n) is 31.7. The van der Waals surface area contributed by atoms with Crippen molar-refractivity contribution in [2.75, 3.05) is 24.7 Å². The van der Waals surface area contributed by atoms with Gasteiger partial charge < -0.3 is 26.2 Å². The summed E-state index contributed by atoms with van der Waals surface area (Å²) < 4.78 is 23.8. The quantitative estimate of drug-likeness (QED) is 0.0665. The highest BCUT2D eigenvalue weighted by Gasteiger charge is 2.25. The van der Waals surface area contributed by atoms with Crippen molar-refractivity contribution in [3.8, 4) is 0 Å². The molecule has 16 nitrogen and oxygen atoms in total. The summed E-state index contributed by atoms with van der Waals surface area (Å²) in [4.78, 5) is 81.8. The Morgan fingerprint density at radius 3 is 1.42 bits per heavy atom. The Hall–Kier alpha value is -5.23. The molecule has 0 unspecified atom stereocenters. The maximum atomic E-state index is 13.3. The van der Waals surface area contributed by atoms with Crippen molar-refractivity contribution in [3.63, 3.8) is 0 Å². The number of hydrogen-bond donors (Lipinski definition) is 3. The van der Waals surface area contributed by atoms with Gasteiger partial charge in [0.15, 0.2) is 0 Å². The van der Waals surface area contributed by atoms with Crippen molar-refractivity contribution in [1.29, 1.82) is 0 Å². The molecule has 4 aromatic rings. The van der Waals surface area contributed by atoms with Crippen molar-refractivity contribution < 1.29 is 37.7 Å². The van der Waals surface area contributed by atoms with Crippen LogP contribution in [-0.2, 0) is 36.3 Å². The summed E-state index contributed by atoms with van der Waals surface area (Å²) in [6.45, 7) is 5.87. The van der Waals surface area contributed by atoms with Gasteiger partial charge in [-0.2, -0.15) is 0 Å². The second-order valence-electron chi connectivity index (χ2n) is 12.3. The number of phosphoric ester groups is 1. The van der Waals surface area contributed by atoms with Gasteiger partial charge in [0.25, 0.3) is 0 Å². The Labute approximate surface area is 338 Å². The molecule has 0 bridgehead atoms. The van der Waals surface area contributed by atoms with Crippen molar-refractivity contribution >= 4 is 66.0 Å². The Morgan fingerprint density at radius 1 is 0.719 bits per heavy atom. The lowest BCUT2D eigenvalue weighted by Crippen LogP contribution is -2.22. The van der Waals surface area contributed by atoms with Gasteiger partial charge in [-0.3, -0.25) is 28.2 Å². The van der Waals surface area contributed by atoms with E-state index in [4.69, 9.17) is 20.5 Å². The first-order valence-electron chi connectivity index (χ1n) is 17.4. The molecule has 0 spiro atoms. The predicted octanol–water partition coefficient (Wildman–Crippen LogP) is 6.19. The summed E-state index contributed by atoms with van der Waals surface area (Å²) in [5.74, 6) is 1.31. The number of nitrogen functional groups attached to an aromatic ring is 2. The van der Waals surface area contributed by atoms with Gasteiger partial charge in [-0.05, 0) is 51.2 Å². The molecule has 19 heteroatoms. The highest BCUT2D eigenvalue weighted by molar-refractivity contribution is 8.17. The average molecular weight is 835 g/mol. The molecule has 2 aromatic carbocycles. The summed E-state index contributed by atoms with van der Waals surface area (Å²) in [5.41, 5.74) is 14.7. The van der Waals surface area contributed by atoms with Crippen LogP contribution in [0.15, 0.2) is 94.3 Å². The number of nitrogens with two attached hydrogens (primary N) is 2. The van der Waals surface area contributed by atoms with E-state index >= 15 is 0 Å². The minimum atomic E-state index is -4.71. The second kappa shape index (κ2) is 21.3. The van der Waals surface area contributed by atoms with Gasteiger partial charge in [0.2, 0.25) is 23.1 Å². The molecule has 2 aromatic heterocycles. The Bertz CT molecular complexity index is 2030. The number of phosphoric acid groups is 1. The van der Waals surface area contributed by atoms with E-state index in [0.717, 1.165) is 23.5 Å². The van der Waals surface area contributed by atoms with Crippen LogP contribution in [0.25, 0.3) is 0 Å². The molecule has 0 aliphatic rings. The molecular weight excluding hydrogens is 792 g/mol. The number of aromatic nitrogens is 4. The number of nitrogens with zero attached hydrogens (tertiary/aromatic N) is 6. The highest BCUT2D eigenvalue weighted by atomic mass is 32.2. The minimum Gasteiger partial charge on any atom is -0.383 e. The zero-order chi connectivity index (χ0) is 41.5. The zero-order valence-corrected chi connectivity index (χ0v) is 34.3. The average Bonchev–Trinajstić information content (AvgIpc) is 3.19. The molecule has 0 aliphatic carbocycles. The molecule has 0 aliphatic heterocycles. The number of carbonyl (C=O) groups is 4. The second-order valence-corrected chi connectivity index (χ2v) is 15.9. The maximum absolute atomic E-state index is 13.3. The topological polar surface area (TPSA) is 234 Å². The number of anilines is 2. The molecule has 2 amide bonds. The van der Waals surface area contributed by atoms with Crippen LogP contribution < -0.4 is 11.5 Å². The van der Waals surface area contributed by atoms with Crippen molar-refractivity contribution in [1.82, 2.24) is 29.7 Å². The van der Waals surface area contributed by atoms with Crippen LogP contribution >= 0.6 is 31.3 Å². The molecule has 4 rings (SSSR count). The van der Waals surface area contributed by atoms with Crippen LogP contribution in [0.5, 0.6) is 0 Å². The van der Waals surface area contributed by atoms with E-state index in [0.29, 0.717) is 67.9 Å². The summed E-state index contributed by atoms with van der Waals surface area (Å²) >= 11 is 1.70. The third-order valence-electron chi connectivity index (χ3n) is 8.26. The number of aryl methyl sites for hydroxylation is 2. The minimum absolute atomic E-state index is 0.00125. The lowest BCUT2D eigenvalue weighted by atomic mass is 10.2. The molecule has 0 saturated heterocycles. The summed E-state index contributed by atoms with van der Waals surface area (Å²) in [5, 5.41) is -0.645. The first-order valence-corrected chi connectivity index (χ1v) is 20.5. The number of thioether (sulfide) groups is 2. The fourth-order valence-corrected chi connectivity index (χ4v) is 7.65. The monoisotopic (exact) mass is 834 g/mol. The summed E-state index contributed by atoms with van der Waals surface area (Å²) in [6, 6.07) is 17.0. The van der Waals surface area contributed by atoms with Crippen LogP contribution in [0.4, 0.5) is 11.6 Å². The number of rotatable bonds is 20. The molecule has 300 valence electrons. The number of allylic oxidation sites excluding steroid dienone is 2. The third-order valence-corrected chi connectivity index (χ3v) is 11.6. The maximum Gasteiger partial charge on any atom is 0.472 e. The van der Waals surface area contributed by atoms with Gasteiger partial charge in [0.1, 0.15) is 23.3 Å². The van der Waals surface area contributed by atoms with E-state index in [9.17, 15) is 28.6 Å². The third kappa shape index (κ3) is 13.4. The van der Waals surface area contributed by atoms with E-state index in [-0.39, 0.29) is 61.0 Å². The molecule has 0 atom stereocenters. The highest BCUT2D eigenvalue weighted by Crippen LogP contribution is 2.45. The smallest absolute Gasteiger partial charge is 0.383 e.